The number of nitrogens with zero attached hydrogens (tertiary/aromatic N) is 2. The van der Waals surface area contributed by atoms with Gasteiger partial charge in [-0.2, -0.15) is 0 Å². The number of halogens is 1. The predicted molar refractivity (Wildman–Crippen MR) is 139 cm³/mol. The van der Waals surface area contributed by atoms with E-state index >= 15 is 0 Å². The molecule has 9 heteroatoms. The zero-order chi connectivity index (χ0) is 24.4. The van der Waals surface area contributed by atoms with Crippen LogP contribution in [-0.2, 0) is 14.8 Å². The summed E-state index contributed by atoms with van der Waals surface area (Å²) in [4.78, 5) is 15.3. The largest absolute Gasteiger partial charge is 0.494 e. The van der Waals surface area contributed by atoms with Crippen LogP contribution in [0.25, 0.3) is 0 Å². The second-order valence-corrected chi connectivity index (χ2v) is 11.1. The molecule has 186 valence electrons. The summed E-state index contributed by atoms with van der Waals surface area (Å²) in [6.07, 6.45) is 5.89. The van der Waals surface area contributed by atoms with Crippen LogP contribution in [0.1, 0.15) is 39.0 Å². The predicted octanol–water partition coefficient (Wildman–Crippen LogP) is 4.43. The number of ether oxygens (including phenoxy) is 1. The Balaban J connectivity index is 1.67. The van der Waals surface area contributed by atoms with Crippen LogP contribution in [0.2, 0.25) is 0 Å². The molecule has 7 nitrogen and oxygen atoms in total. The minimum Gasteiger partial charge on any atom is -0.494 e. The number of amides is 1. The third-order valence-corrected chi connectivity index (χ3v) is 8.11. The summed E-state index contributed by atoms with van der Waals surface area (Å²) in [7, 11) is -3.94. The molecular formula is C25H34BrN3O4S. The summed E-state index contributed by atoms with van der Waals surface area (Å²) in [5.41, 5.74) is 0.408. The second kappa shape index (κ2) is 13.1. The maximum absolute atomic E-state index is 13.5. The number of anilines is 1. The van der Waals surface area contributed by atoms with Crippen LogP contribution in [0.5, 0.6) is 5.75 Å². The van der Waals surface area contributed by atoms with Gasteiger partial charge in [-0.3, -0.25) is 9.10 Å². The Morgan fingerprint density at radius 2 is 1.68 bits per heavy atom. The van der Waals surface area contributed by atoms with Gasteiger partial charge >= 0.3 is 0 Å². The minimum absolute atomic E-state index is 0.124. The second-order valence-electron chi connectivity index (χ2n) is 8.35. The van der Waals surface area contributed by atoms with Crippen LogP contribution in [0.4, 0.5) is 5.69 Å². The molecule has 0 radical (unpaired) electrons. The first-order chi connectivity index (χ1) is 16.4. The number of nitrogens with one attached hydrogen (secondary N) is 1. The molecule has 1 fully saturated rings. The van der Waals surface area contributed by atoms with Crippen LogP contribution in [0.15, 0.2) is 57.9 Å². The number of benzene rings is 2. The van der Waals surface area contributed by atoms with E-state index in [2.05, 4.69) is 26.1 Å². The molecule has 0 atom stereocenters. The van der Waals surface area contributed by atoms with Crippen molar-refractivity contribution >= 4 is 37.5 Å². The molecule has 2 aromatic carbocycles. The van der Waals surface area contributed by atoms with Gasteiger partial charge in [0.05, 0.1) is 17.2 Å². The third-order valence-electron chi connectivity index (χ3n) is 5.80. The summed E-state index contributed by atoms with van der Waals surface area (Å²) >= 11 is 3.34. The van der Waals surface area contributed by atoms with Crippen LogP contribution in [0.3, 0.4) is 0 Å². The van der Waals surface area contributed by atoms with Gasteiger partial charge in [0.15, 0.2) is 0 Å². The number of carbonyl (C=O) groups excluding carboxylic acids is 1. The van der Waals surface area contributed by atoms with Crippen molar-refractivity contribution in [2.24, 2.45) is 0 Å². The van der Waals surface area contributed by atoms with Crippen molar-refractivity contribution in [1.29, 1.82) is 0 Å². The highest BCUT2D eigenvalue weighted by atomic mass is 79.9. The topological polar surface area (TPSA) is 79.0 Å². The average molecular weight is 553 g/mol. The molecule has 1 N–H and O–H groups in total. The number of sulfonamides is 1. The standard InChI is InChI=1S/C25H34BrN3O4S/c1-2-33-23-12-10-22(11-13-23)29(34(31,32)24-14-8-21(26)9-15-24)20-25(30)27-16-7-19-28-17-5-3-4-6-18-28/h8-15H,2-7,16-20H2,1H3,(H,27,30). The quantitative estimate of drug-likeness (QED) is 0.418. The van der Waals surface area contributed by atoms with Gasteiger partial charge in [0, 0.05) is 11.0 Å². The van der Waals surface area contributed by atoms with Gasteiger partial charge in [-0.1, -0.05) is 28.8 Å². The van der Waals surface area contributed by atoms with E-state index in [1.165, 1.54) is 37.8 Å². The molecule has 1 aliphatic rings. The van der Waals surface area contributed by atoms with Crippen LogP contribution < -0.4 is 14.4 Å². The van der Waals surface area contributed by atoms with Crippen molar-refractivity contribution in [2.75, 3.05) is 43.6 Å². The van der Waals surface area contributed by atoms with Crippen molar-refractivity contribution in [1.82, 2.24) is 10.2 Å². The van der Waals surface area contributed by atoms with Crippen LogP contribution in [0, 0.1) is 0 Å². The van der Waals surface area contributed by atoms with Gasteiger partial charge in [0.1, 0.15) is 12.3 Å². The smallest absolute Gasteiger partial charge is 0.264 e. The molecule has 0 unspecified atom stereocenters. The van der Waals surface area contributed by atoms with Gasteiger partial charge < -0.3 is 15.0 Å². The highest BCUT2D eigenvalue weighted by molar-refractivity contribution is 9.10. The molecule has 34 heavy (non-hydrogen) atoms. The van der Waals surface area contributed by atoms with E-state index in [9.17, 15) is 13.2 Å². The monoisotopic (exact) mass is 551 g/mol. The van der Waals surface area contributed by atoms with Gasteiger partial charge in [-0.25, -0.2) is 8.42 Å². The molecule has 1 heterocycles. The summed E-state index contributed by atoms with van der Waals surface area (Å²) in [6.45, 7) is 5.80. The van der Waals surface area contributed by atoms with E-state index < -0.39 is 10.0 Å². The summed E-state index contributed by atoms with van der Waals surface area (Å²) in [5.74, 6) is 0.315. The first-order valence-electron chi connectivity index (χ1n) is 11.9. The van der Waals surface area contributed by atoms with Crippen molar-refractivity contribution < 1.29 is 17.9 Å². The SMILES string of the molecule is CCOc1ccc(N(CC(=O)NCCCN2CCCCCC2)S(=O)(=O)c2ccc(Br)cc2)cc1. The fraction of sp³-hybridized carbons (Fsp3) is 0.480. The first kappa shape index (κ1) is 26.5. The summed E-state index contributed by atoms with van der Waals surface area (Å²) in [6, 6.07) is 13.1. The molecule has 1 saturated heterocycles. The Labute approximate surface area is 211 Å². The van der Waals surface area contributed by atoms with Crippen molar-refractivity contribution in [2.45, 2.75) is 43.9 Å². The normalized spacial score (nSPS) is 14.9. The van der Waals surface area contributed by atoms with E-state index in [-0.39, 0.29) is 17.3 Å². The lowest BCUT2D eigenvalue weighted by Gasteiger charge is -2.24. The number of likely N-dealkylation sites (tertiary alicyclic amines) is 1. The Morgan fingerprint density at radius 1 is 1.03 bits per heavy atom. The van der Waals surface area contributed by atoms with E-state index in [0.29, 0.717) is 24.6 Å². The van der Waals surface area contributed by atoms with Gasteiger partial charge in [-0.05, 0) is 94.4 Å². The number of hydrogen-bond donors (Lipinski definition) is 1. The van der Waals surface area contributed by atoms with E-state index in [1.54, 1.807) is 36.4 Å². The Morgan fingerprint density at radius 3 is 2.29 bits per heavy atom. The highest BCUT2D eigenvalue weighted by Gasteiger charge is 2.27. The zero-order valence-corrected chi connectivity index (χ0v) is 22.1. The van der Waals surface area contributed by atoms with Crippen molar-refractivity contribution in [3.63, 3.8) is 0 Å². The average Bonchev–Trinajstić information content (AvgIpc) is 3.10. The maximum atomic E-state index is 13.5. The van der Waals surface area contributed by atoms with Crippen molar-refractivity contribution in [3.05, 3.63) is 53.0 Å². The van der Waals surface area contributed by atoms with Crippen molar-refractivity contribution in [3.8, 4) is 5.75 Å². The fourth-order valence-electron chi connectivity index (χ4n) is 4.00. The molecule has 1 amide bonds. The Kier molecular flexibility index (Phi) is 10.2. The lowest BCUT2D eigenvalue weighted by Crippen LogP contribution is -2.41. The lowest BCUT2D eigenvalue weighted by molar-refractivity contribution is -0.119. The molecule has 0 spiro atoms. The molecule has 0 aliphatic carbocycles. The van der Waals surface area contributed by atoms with Crippen LogP contribution in [-0.4, -0.2) is 58.6 Å². The molecule has 3 rings (SSSR count). The van der Waals surface area contributed by atoms with Gasteiger partial charge in [0.25, 0.3) is 10.0 Å². The number of carbonyl (C=O) groups is 1. The number of rotatable bonds is 11. The van der Waals surface area contributed by atoms with Gasteiger partial charge in [0.2, 0.25) is 5.91 Å². The van der Waals surface area contributed by atoms with E-state index in [4.69, 9.17) is 4.74 Å². The van der Waals surface area contributed by atoms with E-state index in [0.717, 1.165) is 34.8 Å². The molecule has 2 aromatic rings. The summed E-state index contributed by atoms with van der Waals surface area (Å²) in [5, 5.41) is 2.90. The zero-order valence-electron chi connectivity index (χ0n) is 19.7. The van der Waals surface area contributed by atoms with Crippen LogP contribution >= 0.6 is 15.9 Å². The molecule has 0 bridgehead atoms. The molecular weight excluding hydrogens is 518 g/mol. The summed E-state index contributed by atoms with van der Waals surface area (Å²) < 4.78 is 34.3. The number of hydrogen-bond acceptors (Lipinski definition) is 5. The first-order valence-corrected chi connectivity index (χ1v) is 14.1. The molecule has 1 aliphatic heterocycles. The molecule has 0 aromatic heterocycles. The van der Waals surface area contributed by atoms with E-state index in [1.807, 2.05) is 6.92 Å². The molecule has 0 saturated carbocycles. The lowest BCUT2D eigenvalue weighted by atomic mass is 10.2. The Bertz CT molecular complexity index is 1010. The highest BCUT2D eigenvalue weighted by Crippen LogP contribution is 2.26. The third kappa shape index (κ3) is 7.71. The maximum Gasteiger partial charge on any atom is 0.264 e. The van der Waals surface area contributed by atoms with Gasteiger partial charge in [-0.15, -0.1) is 0 Å². The fourth-order valence-corrected chi connectivity index (χ4v) is 5.69. The minimum atomic E-state index is -3.94. The Hall–Kier alpha value is -2.10.